The third-order valence-corrected chi connectivity index (χ3v) is 3.61. The van der Waals surface area contributed by atoms with Crippen molar-refractivity contribution in [3.05, 3.63) is 45.4 Å². The first-order valence-corrected chi connectivity index (χ1v) is 6.84. The van der Waals surface area contributed by atoms with Crippen molar-refractivity contribution in [2.45, 2.75) is 6.92 Å². The second-order valence-electron chi connectivity index (χ2n) is 4.35. The van der Waals surface area contributed by atoms with Crippen molar-refractivity contribution in [1.82, 2.24) is 4.98 Å². The highest BCUT2D eigenvalue weighted by Gasteiger charge is 2.13. The van der Waals surface area contributed by atoms with Gasteiger partial charge in [0.1, 0.15) is 5.52 Å². The molecule has 2 aromatic carbocycles. The molecule has 1 aromatic heterocycles. The molecule has 5 heteroatoms. The van der Waals surface area contributed by atoms with Gasteiger partial charge in [0, 0.05) is 4.47 Å². The number of nitrogens with two attached hydrogens (primary N) is 1. The predicted molar refractivity (Wildman–Crippen MR) is 81.3 cm³/mol. The van der Waals surface area contributed by atoms with E-state index in [-0.39, 0.29) is 0 Å². The maximum absolute atomic E-state index is 6.22. The lowest BCUT2D eigenvalue weighted by molar-refractivity contribution is 0.621. The minimum atomic E-state index is 0.477. The van der Waals surface area contributed by atoms with Gasteiger partial charge in [0.05, 0.1) is 16.3 Å². The Morgan fingerprint density at radius 1 is 1.26 bits per heavy atom. The average molecular weight is 338 g/mol. The van der Waals surface area contributed by atoms with Gasteiger partial charge >= 0.3 is 0 Å². The Morgan fingerprint density at radius 3 is 2.79 bits per heavy atom. The number of hydrogen-bond donors (Lipinski definition) is 1. The van der Waals surface area contributed by atoms with E-state index in [1.54, 1.807) is 6.07 Å². The van der Waals surface area contributed by atoms with Crippen molar-refractivity contribution in [2.24, 2.45) is 0 Å². The van der Waals surface area contributed by atoms with Gasteiger partial charge in [-0.1, -0.05) is 33.6 Å². The first kappa shape index (κ1) is 12.5. The van der Waals surface area contributed by atoms with Crippen LogP contribution in [0.4, 0.5) is 5.69 Å². The van der Waals surface area contributed by atoms with Crippen LogP contribution in [-0.2, 0) is 0 Å². The molecule has 0 saturated heterocycles. The molecule has 0 amide bonds. The minimum Gasteiger partial charge on any atom is -0.434 e. The van der Waals surface area contributed by atoms with Gasteiger partial charge in [0.2, 0.25) is 5.89 Å². The van der Waals surface area contributed by atoms with Crippen LogP contribution in [0.1, 0.15) is 5.56 Å². The van der Waals surface area contributed by atoms with Gasteiger partial charge in [-0.2, -0.15) is 0 Å². The molecule has 3 nitrogen and oxygen atoms in total. The molecule has 0 bridgehead atoms. The van der Waals surface area contributed by atoms with Gasteiger partial charge in [-0.15, -0.1) is 0 Å². The van der Waals surface area contributed by atoms with Crippen LogP contribution in [0.2, 0.25) is 5.02 Å². The lowest BCUT2D eigenvalue weighted by Gasteiger charge is -2.00. The zero-order chi connectivity index (χ0) is 13.6. The SMILES string of the molecule is Cc1ccc(-c2nc3cc(Br)cc(N)c3o2)c(Cl)c1. The summed E-state index contributed by atoms with van der Waals surface area (Å²) < 4.78 is 6.59. The van der Waals surface area contributed by atoms with E-state index in [1.807, 2.05) is 31.2 Å². The lowest BCUT2D eigenvalue weighted by Crippen LogP contribution is -1.84. The van der Waals surface area contributed by atoms with Crippen molar-refractivity contribution in [2.75, 3.05) is 5.73 Å². The van der Waals surface area contributed by atoms with Crippen molar-refractivity contribution < 1.29 is 4.42 Å². The molecule has 0 aliphatic rings. The van der Waals surface area contributed by atoms with E-state index in [1.165, 1.54) is 0 Å². The fourth-order valence-corrected chi connectivity index (χ4v) is 2.71. The molecule has 0 unspecified atom stereocenters. The quantitative estimate of drug-likeness (QED) is 0.649. The maximum atomic E-state index is 6.22. The number of rotatable bonds is 1. The van der Waals surface area contributed by atoms with Crippen LogP contribution in [0.25, 0.3) is 22.6 Å². The summed E-state index contributed by atoms with van der Waals surface area (Å²) >= 11 is 9.61. The van der Waals surface area contributed by atoms with Gasteiger partial charge in [-0.05, 0) is 36.8 Å². The Morgan fingerprint density at radius 2 is 2.05 bits per heavy atom. The summed E-state index contributed by atoms with van der Waals surface area (Å²) in [5.74, 6) is 0.477. The molecule has 3 aromatic rings. The molecule has 2 N–H and O–H groups in total. The number of anilines is 1. The number of nitrogen functional groups attached to an aromatic ring is 1. The molecule has 0 aliphatic heterocycles. The third kappa shape index (κ3) is 2.22. The number of nitrogens with zero attached hydrogens (tertiary/aromatic N) is 1. The van der Waals surface area contributed by atoms with Crippen molar-refractivity contribution in [1.29, 1.82) is 0 Å². The molecule has 0 saturated carbocycles. The average Bonchev–Trinajstić information content (AvgIpc) is 2.72. The van der Waals surface area contributed by atoms with Crippen molar-refractivity contribution >= 4 is 44.3 Å². The second kappa shape index (κ2) is 4.54. The van der Waals surface area contributed by atoms with E-state index in [9.17, 15) is 0 Å². The van der Waals surface area contributed by atoms with E-state index < -0.39 is 0 Å². The molecule has 0 atom stereocenters. The van der Waals surface area contributed by atoms with Gasteiger partial charge in [-0.25, -0.2) is 4.98 Å². The number of oxazole rings is 1. The number of benzene rings is 2. The molecular formula is C14H10BrClN2O. The van der Waals surface area contributed by atoms with Gasteiger partial charge < -0.3 is 10.2 Å². The Bertz CT molecular complexity index is 782. The zero-order valence-corrected chi connectivity index (χ0v) is 12.4. The molecule has 0 fully saturated rings. The predicted octanol–water partition coefficient (Wildman–Crippen LogP) is 4.80. The summed E-state index contributed by atoms with van der Waals surface area (Å²) in [5, 5.41) is 0.615. The van der Waals surface area contributed by atoms with Crippen LogP contribution in [-0.4, -0.2) is 4.98 Å². The highest BCUT2D eigenvalue weighted by Crippen LogP contribution is 2.33. The fraction of sp³-hybridized carbons (Fsp3) is 0.0714. The molecular weight excluding hydrogens is 328 g/mol. The Hall–Kier alpha value is -1.52. The smallest absolute Gasteiger partial charge is 0.228 e. The van der Waals surface area contributed by atoms with Gasteiger partial charge in [0.25, 0.3) is 0 Å². The highest BCUT2D eigenvalue weighted by molar-refractivity contribution is 9.10. The Labute approximate surface area is 123 Å². The highest BCUT2D eigenvalue weighted by atomic mass is 79.9. The van der Waals surface area contributed by atoms with Crippen LogP contribution in [0.15, 0.2) is 39.2 Å². The zero-order valence-electron chi connectivity index (χ0n) is 10.1. The Kier molecular flexibility index (Phi) is 2.99. The standard InChI is InChI=1S/C14H10BrClN2O/c1-7-2-3-9(10(16)4-7)14-18-12-6-8(15)5-11(17)13(12)19-14/h2-6H,17H2,1H3. The third-order valence-electron chi connectivity index (χ3n) is 2.84. The lowest BCUT2D eigenvalue weighted by atomic mass is 10.1. The van der Waals surface area contributed by atoms with Crippen molar-refractivity contribution in [3.8, 4) is 11.5 Å². The Balaban J connectivity index is 2.23. The second-order valence-corrected chi connectivity index (χ2v) is 5.67. The van der Waals surface area contributed by atoms with Crippen LogP contribution in [0.5, 0.6) is 0 Å². The number of fused-ring (bicyclic) bond motifs is 1. The van der Waals surface area contributed by atoms with E-state index in [2.05, 4.69) is 20.9 Å². The first-order chi connectivity index (χ1) is 9.04. The van der Waals surface area contributed by atoms with Crippen LogP contribution in [0.3, 0.4) is 0 Å². The number of halogens is 2. The largest absolute Gasteiger partial charge is 0.434 e. The molecule has 96 valence electrons. The summed E-state index contributed by atoms with van der Waals surface area (Å²) in [4.78, 5) is 4.43. The van der Waals surface area contributed by atoms with Crippen LogP contribution in [0, 0.1) is 6.92 Å². The normalized spacial score (nSPS) is 11.1. The molecule has 1 heterocycles. The molecule has 0 radical (unpaired) electrons. The fourth-order valence-electron chi connectivity index (χ4n) is 1.93. The van der Waals surface area contributed by atoms with Crippen LogP contribution < -0.4 is 5.73 Å². The molecule has 0 aliphatic carbocycles. The topological polar surface area (TPSA) is 52.0 Å². The molecule has 3 rings (SSSR count). The van der Waals surface area contributed by atoms with Gasteiger partial charge in [-0.3, -0.25) is 0 Å². The van der Waals surface area contributed by atoms with Gasteiger partial charge in [0.15, 0.2) is 5.58 Å². The number of hydrogen-bond acceptors (Lipinski definition) is 3. The van der Waals surface area contributed by atoms with E-state index in [0.29, 0.717) is 27.7 Å². The van der Waals surface area contributed by atoms with E-state index in [0.717, 1.165) is 15.6 Å². The minimum absolute atomic E-state index is 0.477. The summed E-state index contributed by atoms with van der Waals surface area (Å²) in [5.41, 5.74) is 9.60. The molecule has 0 spiro atoms. The summed E-state index contributed by atoms with van der Waals surface area (Å²) in [7, 11) is 0. The van der Waals surface area contributed by atoms with Crippen LogP contribution >= 0.6 is 27.5 Å². The maximum Gasteiger partial charge on any atom is 0.228 e. The molecule has 19 heavy (non-hydrogen) atoms. The monoisotopic (exact) mass is 336 g/mol. The van der Waals surface area contributed by atoms with E-state index >= 15 is 0 Å². The summed E-state index contributed by atoms with van der Waals surface area (Å²) in [6, 6.07) is 9.39. The number of aryl methyl sites for hydroxylation is 1. The van der Waals surface area contributed by atoms with Crippen molar-refractivity contribution in [3.63, 3.8) is 0 Å². The first-order valence-electron chi connectivity index (χ1n) is 5.66. The van der Waals surface area contributed by atoms with E-state index in [4.69, 9.17) is 21.8 Å². The summed E-state index contributed by atoms with van der Waals surface area (Å²) in [6.07, 6.45) is 0. The summed E-state index contributed by atoms with van der Waals surface area (Å²) in [6.45, 7) is 1.98. The number of aromatic nitrogens is 1.